The first-order valence-corrected chi connectivity index (χ1v) is 5.54. The number of rotatable bonds is 4. The van der Waals surface area contributed by atoms with Crippen molar-refractivity contribution in [3.05, 3.63) is 23.5 Å². The molecule has 0 unspecified atom stereocenters. The van der Waals surface area contributed by atoms with Gasteiger partial charge < -0.3 is 10.0 Å². The Hall–Kier alpha value is -1.98. The summed E-state index contributed by atoms with van der Waals surface area (Å²) >= 11 is 0. The van der Waals surface area contributed by atoms with Crippen LogP contribution >= 0.6 is 0 Å². The lowest BCUT2D eigenvalue weighted by molar-refractivity contribution is -0.139. The molecule has 0 aromatic carbocycles. The molecule has 0 aliphatic rings. The van der Waals surface area contributed by atoms with Gasteiger partial charge >= 0.3 is 5.97 Å². The predicted molar refractivity (Wildman–Crippen MR) is 65.2 cm³/mol. The summed E-state index contributed by atoms with van der Waals surface area (Å²) in [5.41, 5.74) is 0.149. The Morgan fingerprint density at radius 3 is 2.39 bits per heavy atom. The first-order chi connectivity index (χ1) is 8.24. The van der Waals surface area contributed by atoms with Gasteiger partial charge in [-0.2, -0.15) is 5.10 Å². The van der Waals surface area contributed by atoms with Crippen LogP contribution in [0, 0.1) is 6.92 Å². The maximum atomic E-state index is 12.1. The summed E-state index contributed by atoms with van der Waals surface area (Å²) in [5.74, 6) is -1.29. The number of hydrogen-bond donors (Lipinski definition) is 1. The molecule has 1 heterocycles. The molecule has 0 aliphatic heterocycles. The van der Waals surface area contributed by atoms with Gasteiger partial charge in [-0.3, -0.25) is 9.59 Å². The summed E-state index contributed by atoms with van der Waals surface area (Å²) in [6.07, 6.45) is -0.130. The molecule has 0 fully saturated rings. The topological polar surface area (TPSA) is 83.4 Å². The van der Waals surface area contributed by atoms with Gasteiger partial charge in [0.05, 0.1) is 12.1 Å². The van der Waals surface area contributed by atoms with Crippen molar-refractivity contribution in [2.45, 2.75) is 32.7 Å². The number of amides is 1. The highest BCUT2D eigenvalue weighted by atomic mass is 16.4. The monoisotopic (exact) mass is 251 g/mol. The van der Waals surface area contributed by atoms with Gasteiger partial charge in [-0.05, 0) is 32.9 Å². The maximum absolute atomic E-state index is 12.1. The number of hydrogen-bond acceptors (Lipinski definition) is 4. The highest BCUT2D eigenvalue weighted by Gasteiger charge is 2.31. The molecular weight excluding hydrogens is 234 g/mol. The van der Waals surface area contributed by atoms with E-state index in [-0.39, 0.29) is 18.0 Å². The van der Waals surface area contributed by atoms with E-state index in [0.717, 1.165) is 5.69 Å². The minimum Gasteiger partial charge on any atom is -0.481 e. The van der Waals surface area contributed by atoms with Crippen molar-refractivity contribution in [1.29, 1.82) is 0 Å². The van der Waals surface area contributed by atoms with Gasteiger partial charge in [-0.1, -0.05) is 0 Å². The van der Waals surface area contributed by atoms with Crippen molar-refractivity contribution in [2.75, 3.05) is 7.05 Å². The molecule has 0 radical (unpaired) electrons. The third-order valence-electron chi connectivity index (χ3n) is 2.81. The maximum Gasteiger partial charge on any atom is 0.305 e. The van der Waals surface area contributed by atoms with Gasteiger partial charge in [0.2, 0.25) is 0 Å². The van der Waals surface area contributed by atoms with Crippen LogP contribution in [0.2, 0.25) is 0 Å². The Morgan fingerprint density at radius 1 is 1.33 bits per heavy atom. The lowest BCUT2D eigenvalue weighted by Crippen LogP contribution is -2.46. The molecule has 0 atom stereocenters. The summed E-state index contributed by atoms with van der Waals surface area (Å²) in [6.45, 7) is 5.17. The highest BCUT2D eigenvalue weighted by molar-refractivity contribution is 5.92. The van der Waals surface area contributed by atoms with E-state index in [1.54, 1.807) is 40.0 Å². The number of carboxylic acid groups (broad SMARTS) is 1. The molecule has 1 N–H and O–H groups in total. The Balaban J connectivity index is 2.89. The summed E-state index contributed by atoms with van der Waals surface area (Å²) in [6, 6.07) is 3.27. The van der Waals surface area contributed by atoms with Crippen molar-refractivity contribution >= 4 is 11.9 Å². The van der Waals surface area contributed by atoms with Gasteiger partial charge in [0.15, 0.2) is 5.69 Å². The van der Waals surface area contributed by atoms with Gasteiger partial charge in [-0.15, -0.1) is 5.10 Å². The van der Waals surface area contributed by atoms with E-state index in [1.165, 1.54) is 4.90 Å². The highest BCUT2D eigenvalue weighted by Crippen LogP contribution is 2.19. The lowest BCUT2D eigenvalue weighted by Gasteiger charge is -2.34. The Labute approximate surface area is 106 Å². The van der Waals surface area contributed by atoms with Crippen LogP contribution in [-0.4, -0.2) is 44.7 Å². The fourth-order valence-corrected chi connectivity index (χ4v) is 1.45. The van der Waals surface area contributed by atoms with E-state index < -0.39 is 11.5 Å². The number of carbonyl (C=O) groups is 2. The zero-order valence-electron chi connectivity index (χ0n) is 11.0. The van der Waals surface area contributed by atoms with Gasteiger partial charge in [0.1, 0.15) is 0 Å². The Bertz CT molecular complexity index is 454. The minimum absolute atomic E-state index is 0.130. The van der Waals surface area contributed by atoms with Crippen LogP contribution in [0.4, 0.5) is 0 Å². The number of nitrogens with zero attached hydrogens (tertiary/aromatic N) is 3. The molecule has 18 heavy (non-hydrogen) atoms. The molecule has 1 amide bonds. The van der Waals surface area contributed by atoms with Crippen molar-refractivity contribution in [3.8, 4) is 0 Å². The SMILES string of the molecule is Cc1ccc(C(=O)N(C)C(C)(C)CC(=O)O)nn1. The normalized spacial score (nSPS) is 11.1. The fourth-order valence-electron chi connectivity index (χ4n) is 1.45. The first kappa shape index (κ1) is 14.1. The third kappa shape index (κ3) is 3.26. The number of aryl methyl sites for hydroxylation is 1. The van der Waals surface area contributed by atoms with Crippen LogP contribution in [0.25, 0.3) is 0 Å². The van der Waals surface area contributed by atoms with Crippen LogP contribution in [0.5, 0.6) is 0 Å². The van der Waals surface area contributed by atoms with E-state index in [2.05, 4.69) is 10.2 Å². The minimum atomic E-state index is -0.949. The van der Waals surface area contributed by atoms with Gasteiger partial charge in [-0.25, -0.2) is 0 Å². The summed E-state index contributed by atoms with van der Waals surface area (Å²) < 4.78 is 0. The molecule has 1 aromatic rings. The van der Waals surface area contributed by atoms with Crippen molar-refractivity contribution in [2.24, 2.45) is 0 Å². The molecule has 98 valence electrons. The van der Waals surface area contributed by atoms with E-state index >= 15 is 0 Å². The van der Waals surface area contributed by atoms with E-state index in [9.17, 15) is 9.59 Å². The van der Waals surface area contributed by atoms with E-state index in [1.807, 2.05) is 0 Å². The molecule has 1 rings (SSSR count). The molecular formula is C12H17N3O3. The van der Waals surface area contributed by atoms with Crippen LogP contribution in [0.15, 0.2) is 12.1 Å². The number of aliphatic carboxylic acids is 1. The second kappa shape index (κ2) is 5.12. The second-order valence-corrected chi connectivity index (χ2v) is 4.81. The number of aromatic nitrogens is 2. The fraction of sp³-hybridized carbons (Fsp3) is 0.500. The van der Waals surface area contributed by atoms with Crippen LogP contribution in [-0.2, 0) is 4.79 Å². The Morgan fingerprint density at radius 2 is 1.94 bits per heavy atom. The average molecular weight is 251 g/mol. The quantitative estimate of drug-likeness (QED) is 0.866. The van der Waals surface area contributed by atoms with Gasteiger partial charge in [0.25, 0.3) is 5.91 Å². The van der Waals surface area contributed by atoms with Crippen LogP contribution in [0.1, 0.15) is 36.5 Å². The summed E-state index contributed by atoms with van der Waals surface area (Å²) in [7, 11) is 1.56. The number of carboxylic acids is 1. The summed E-state index contributed by atoms with van der Waals surface area (Å²) in [5, 5.41) is 16.4. The van der Waals surface area contributed by atoms with E-state index in [4.69, 9.17) is 5.11 Å². The molecule has 0 saturated heterocycles. The largest absolute Gasteiger partial charge is 0.481 e. The second-order valence-electron chi connectivity index (χ2n) is 4.81. The third-order valence-corrected chi connectivity index (χ3v) is 2.81. The van der Waals surface area contributed by atoms with Crippen molar-refractivity contribution < 1.29 is 14.7 Å². The predicted octanol–water partition coefficient (Wildman–Crippen LogP) is 1.11. The molecule has 0 saturated carbocycles. The molecule has 0 spiro atoms. The smallest absolute Gasteiger partial charge is 0.305 e. The van der Waals surface area contributed by atoms with Crippen LogP contribution in [0.3, 0.4) is 0 Å². The standard InChI is InChI=1S/C12H17N3O3/c1-8-5-6-9(14-13-8)11(18)15(4)12(2,3)7-10(16)17/h5-6H,7H2,1-4H3,(H,16,17). The number of carbonyl (C=O) groups excluding carboxylic acids is 1. The average Bonchev–Trinajstić information content (AvgIpc) is 2.26. The van der Waals surface area contributed by atoms with Crippen molar-refractivity contribution in [1.82, 2.24) is 15.1 Å². The van der Waals surface area contributed by atoms with Gasteiger partial charge in [0, 0.05) is 12.6 Å². The lowest BCUT2D eigenvalue weighted by atomic mass is 9.98. The molecule has 0 aliphatic carbocycles. The Kier molecular flexibility index (Phi) is 4.00. The molecule has 0 bridgehead atoms. The zero-order chi connectivity index (χ0) is 13.9. The summed E-state index contributed by atoms with van der Waals surface area (Å²) in [4.78, 5) is 24.2. The van der Waals surface area contributed by atoms with Crippen molar-refractivity contribution in [3.63, 3.8) is 0 Å². The molecule has 6 nitrogen and oxygen atoms in total. The zero-order valence-corrected chi connectivity index (χ0v) is 11.0. The molecule has 6 heteroatoms. The van der Waals surface area contributed by atoms with E-state index in [0.29, 0.717) is 0 Å². The first-order valence-electron chi connectivity index (χ1n) is 5.54. The molecule has 1 aromatic heterocycles. The van der Waals surface area contributed by atoms with Crippen LogP contribution < -0.4 is 0 Å².